The Labute approximate surface area is 219 Å². The van der Waals surface area contributed by atoms with Crippen molar-refractivity contribution in [2.75, 3.05) is 27.4 Å². The van der Waals surface area contributed by atoms with Gasteiger partial charge < -0.3 is 14.2 Å². The molecule has 0 spiro atoms. The first-order valence-corrected chi connectivity index (χ1v) is 12.6. The molecule has 0 aliphatic carbocycles. The third-order valence-corrected chi connectivity index (χ3v) is 8.11. The standard InChI is InChI=1S/C23H17Cl2NO5S3/c1-29-8-7-26-21(27)18(34-23(26)32)10-12-3-6-15(16(9-12)30-2)31-22(28)20-19(25)14-5-4-13(24)11-17(14)33-20/h3-6,9-11H,7-8H2,1-2H3/b18-10-. The second kappa shape index (κ2) is 10.6. The molecule has 0 atom stereocenters. The van der Waals surface area contributed by atoms with Gasteiger partial charge in [0.15, 0.2) is 11.5 Å². The highest BCUT2D eigenvalue weighted by molar-refractivity contribution is 8.26. The lowest BCUT2D eigenvalue weighted by molar-refractivity contribution is -0.122. The van der Waals surface area contributed by atoms with Crippen LogP contribution in [0.25, 0.3) is 16.2 Å². The predicted molar refractivity (Wildman–Crippen MR) is 142 cm³/mol. The molecule has 0 N–H and O–H groups in total. The van der Waals surface area contributed by atoms with Crippen molar-refractivity contribution < 1.29 is 23.8 Å². The van der Waals surface area contributed by atoms with Crippen molar-refractivity contribution in [2.24, 2.45) is 0 Å². The lowest BCUT2D eigenvalue weighted by atomic mass is 10.2. The van der Waals surface area contributed by atoms with Crippen LogP contribution in [0.3, 0.4) is 0 Å². The van der Waals surface area contributed by atoms with Gasteiger partial charge in [-0.2, -0.15) is 0 Å². The number of hydrogen-bond donors (Lipinski definition) is 0. The molecule has 11 heteroatoms. The Morgan fingerprint density at radius 3 is 2.68 bits per heavy atom. The molecular weight excluding hydrogens is 537 g/mol. The topological polar surface area (TPSA) is 65.1 Å². The van der Waals surface area contributed by atoms with Gasteiger partial charge in [-0.1, -0.05) is 59.3 Å². The zero-order chi connectivity index (χ0) is 24.4. The number of halogens is 2. The number of amides is 1. The van der Waals surface area contributed by atoms with Crippen LogP contribution in [0.4, 0.5) is 0 Å². The number of thiocarbonyl (C=S) groups is 1. The summed E-state index contributed by atoms with van der Waals surface area (Å²) in [5.41, 5.74) is 0.693. The molecule has 176 valence electrons. The van der Waals surface area contributed by atoms with Crippen LogP contribution in [0.15, 0.2) is 41.3 Å². The fraction of sp³-hybridized carbons (Fsp3) is 0.174. The molecule has 1 amide bonds. The van der Waals surface area contributed by atoms with Crippen LogP contribution in [0.5, 0.6) is 11.5 Å². The highest BCUT2D eigenvalue weighted by Crippen LogP contribution is 2.39. The number of ether oxygens (including phenoxy) is 3. The zero-order valence-electron chi connectivity index (χ0n) is 17.9. The molecule has 0 unspecified atom stereocenters. The fourth-order valence-electron chi connectivity index (χ4n) is 3.20. The second-order valence-corrected chi connectivity index (χ2v) is 10.6. The van der Waals surface area contributed by atoms with E-state index in [1.165, 1.54) is 35.1 Å². The third kappa shape index (κ3) is 5.10. The van der Waals surface area contributed by atoms with E-state index in [1.54, 1.807) is 49.6 Å². The van der Waals surface area contributed by atoms with Crippen molar-refractivity contribution in [1.82, 2.24) is 4.90 Å². The van der Waals surface area contributed by atoms with Gasteiger partial charge in [-0.05, 0) is 35.9 Å². The summed E-state index contributed by atoms with van der Waals surface area (Å²) >= 11 is 20.2. The lowest BCUT2D eigenvalue weighted by Gasteiger charge is -2.13. The van der Waals surface area contributed by atoms with Crippen molar-refractivity contribution in [2.45, 2.75) is 0 Å². The molecular formula is C23H17Cl2NO5S3. The first-order chi connectivity index (χ1) is 16.3. The lowest BCUT2D eigenvalue weighted by Crippen LogP contribution is -2.31. The smallest absolute Gasteiger partial charge is 0.355 e. The van der Waals surface area contributed by atoms with Crippen molar-refractivity contribution in [3.8, 4) is 11.5 Å². The van der Waals surface area contributed by atoms with Gasteiger partial charge in [0, 0.05) is 22.2 Å². The van der Waals surface area contributed by atoms with Gasteiger partial charge in [0.25, 0.3) is 5.91 Å². The van der Waals surface area contributed by atoms with Crippen LogP contribution >= 0.6 is 58.5 Å². The summed E-state index contributed by atoms with van der Waals surface area (Å²) in [6.45, 7) is 0.785. The molecule has 1 aliphatic heterocycles. The van der Waals surface area contributed by atoms with Gasteiger partial charge in [-0.15, -0.1) is 11.3 Å². The van der Waals surface area contributed by atoms with Gasteiger partial charge >= 0.3 is 5.97 Å². The number of methoxy groups -OCH3 is 2. The number of carbonyl (C=O) groups is 2. The number of nitrogens with zero attached hydrogens (tertiary/aromatic N) is 1. The van der Waals surface area contributed by atoms with Crippen LogP contribution in [0.1, 0.15) is 15.2 Å². The maximum absolute atomic E-state index is 12.8. The molecule has 1 fully saturated rings. The molecule has 3 aromatic rings. The number of esters is 1. The van der Waals surface area contributed by atoms with E-state index in [4.69, 9.17) is 49.6 Å². The minimum atomic E-state index is -0.604. The Hall–Kier alpha value is -2.14. The van der Waals surface area contributed by atoms with Crippen molar-refractivity contribution in [3.05, 3.63) is 61.8 Å². The van der Waals surface area contributed by atoms with Crippen molar-refractivity contribution in [3.63, 3.8) is 0 Å². The molecule has 6 nitrogen and oxygen atoms in total. The average molecular weight is 554 g/mol. The minimum Gasteiger partial charge on any atom is -0.493 e. The van der Waals surface area contributed by atoms with E-state index >= 15 is 0 Å². The van der Waals surface area contributed by atoms with E-state index in [-0.39, 0.29) is 16.5 Å². The van der Waals surface area contributed by atoms with Gasteiger partial charge in [0.1, 0.15) is 9.20 Å². The summed E-state index contributed by atoms with van der Waals surface area (Å²) in [4.78, 5) is 27.8. The highest BCUT2D eigenvalue weighted by Gasteiger charge is 2.31. The zero-order valence-corrected chi connectivity index (χ0v) is 21.9. The average Bonchev–Trinajstić information content (AvgIpc) is 3.28. The maximum Gasteiger partial charge on any atom is 0.355 e. The van der Waals surface area contributed by atoms with Crippen molar-refractivity contribution in [1.29, 1.82) is 0 Å². The van der Waals surface area contributed by atoms with E-state index in [0.717, 1.165) is 10.1 Å². The molecule has 1 saturated heterocycles. The van der Waals surface area contributed by atoms with E-state index < -0.39 is 5.97 Å². The molecule has 0 radical (unpaired) electrons. The number of hydrogen-bond acceptors (Lipinski definition) is 8. The van der Waals surface area contributed by atoms with Crippen LogP contribution in [-0.2, 0) is 9.53 Å². The summed E-state index contributed by atoms with van der Waals surface area (Å²) in [6.07, 6.45) is 1.72. The minimum absolute atomic E-state index is 0.180. The summed E-state index contributed by atoms with van der Waals surface area (Å²) in [7, 11) is 3.04. The molecule has 34 heavy (non-hydrogen) atoms. The van der Waals surface area contributed by atoms with Crippen molar-refractivity contribution >= 4 is 90.9 Å². The number of fused-ring (bicyclic) bond motifs is 1. The monoisotopic (exact) mass is 553 g/mol. The number of rotatable bonds is 7. The second-order valence-electron chi connectivity index (χ2n) is 7.01. The summed E-state index contributed by atoms with van der Waals surface area (Å²) < 4.78 is 17.3. The van der Waals surface area contributed by atoms with E-state index in [0.29, 0.717) is 43.7 Å². The summed E-state index contributed by atoms with van der Waals surface area (Å²) in [6, 6.07) is 10.2. The number of thioether (sulfide) groups is 1. The normalized spacial score (nSPS) is 14.9. The highest BCUT2D eigenvalue weighted by atomic mass is 35.5. The Morgan fingerprint density at radius 2 is 1.94 bits per heavy atom. The quantitative estimate of drug-likeness (QED) is 0.147. The first-order valence-electron chi connectivity index (χ1n) is 9.84. The molecule has 0 bridgehead atoms. The van der Waals surface area contributed by atoms with Gasteiger partial charge in [-0.3, -0.25) is 9.69 Å². The number of carbonyl (C=O) groups excluding carboxylic acids is 2. The molecule has 1 aromatic heterocycles. The third-order valence-electron chi connectivity index (χ3n) is 4.86. The number of thiophene rings is 1. The predicted octanol–water partition coefficient (Wildman–Crippen LogP) is 6.28. The molecule has 0 saturated carbocycles. The van der Waals surface area contributed by atoms with E-state index in [9.17, 15) is 9.59 Å². The van der Waals surface area contributed by atoms with Gasteiger partial charge in [-0.25, -0.2) is 4.79 Å². The fourth-order valence-corrected chi connectivity index (χ4v) is 6.17. The van der Waals surface area contributed by atoms with Gasteiger partial charge in [0.05, 0.1) is 30.2 Å². The molecule has 2 heterocycles. The molecule has 2 aromatic carbocycles. The number of benzene rings is 2. The first kappa shape index (κ1) is 25.0. The summed E-state index contributed by atoms with van der Waals surface area (Å²) in [5.74, 6) is -0.227. The molecule has 4 rings (SSSR count). The van der Waals surface area contributed by atoms with E-state index in [1.807, 2.05) is 0 Å². The Bertz CT molecular complexity index is 1340. The Balaban J connectivity index is 1.56. The van der Waals surface area contributed by atoms with Crippen LogP contribution in [0.2, 0.25) is 10.0 Å². The SMILES string of the molecule is COCCN1C(=O)/C(=C/c2ccc(OC(=O)c3sc4cc(Cl)ccc4c3Cl)c(OC)c2)SC1=S. The Morgan fingerprint density at radius 1 is 1.15 bits per heavy atom. The van der Waals surface area contributed by atoms with E-state index in [2.05, 4.69) is 0 Å². The summed E-state index contributed by atoms with van der Waals surface area (Å²) in [5, 5.41) is 1.60. The Kier molecular flexibility index (Phi) is 7.81. The molecule has 1 aliphatic rings. The van der Waals surface area contributed by atoms with Crippen LogP contribution < -0.4 is 9.47 Å². The largest absolute Gasteiger partial charge is 0.493 e. The maximum atomic E-state index is 12.8. The van der Waals surface area contributed by atoms with Crippen LogP contribution in [0, 0.1) is 0 Å². The van der Waals surface area contributed by atoms with Gasteiger partial charge in [0.2, 0.25) is 0 Å². The van der Waals surface area contributed by atoms with Crippen LogP contribution in [-0.4, -0.2) is 48.5 Å².